The summed E-state index contributed by atoms with van der Waals surface area (Å²) in [6, 6.07) is 0.495. The van der Waals surface area contributed by atoms with Gasteiger partial charge in [0.1, 0.15) is 5.54 Å². The molecule has 2 rings (SSSR count). The van der Waals surface area contributed by atoms with Crippen LogP contribution in [0.15, 0.2) is 0 Å². The van der Waals surface area contributed by atoms with Crippen LogP contribution in [0, 0.1) is 0 Å². The van der Waals surface area contributed by atoms with Crippen LogP contribution in [-0.2, 0) is 9.53 Å². The molecule has 0 spiro atoms. The average molecular weight is 255 g/mol. The van der Waals surface area contributed by atoms with E-state index in [1.165, 1.54) is 12.8 Å². The van der Waals surface area contributed by atoms with Crippen molar-refractivity contribution in [2.24, 2.45) is 5.73 Å². The van der Waals surface area contributed by atoms with E-state index in [2.05, 4.69) is 11.8 Å². The van der Waals surface area contributed by atoms with E-state index in [9.17, 15) is 4.79 Å². The van der Waals surface area contributed by atoms with Crippen LogP contribution in [-0.4, -0.2) is 67.2 Å². The average Bonchev–Trinajstić information content (AvgIpc) is 2.97. The first kappa shape index (κ1) is 13.8. The Kier molecular flexibility index (Phi) is 4.25. The zero-order valence-corrected chi connectivity index (χ0v) is 11.5. The molecule has 0 aromatic rings. The molecule has 104 valence electrons. The summed E-state index contributed by atoms with van der Waals surface area (Å²) in [6.07, 6.45) is 3.05. The summed E-state index contributed by atoms with van der Waals surface area (Å²) in [4.78, 5) is 16.6. The monoisotopic (exact) mass is 255 g/mol. The van der Waals surface area contributed by atoms with E-state index in [0.29, 0.717) is 25.7 Å². The molecule has 2 atom stereocenters. The summed E-state index contributed by atoms with van der Waals surface area (Å²) in [5.41, 5.74) is 5.33. The standard InChI is InChI=1S/C13H25N3O2/c1-3-16-7-4-5-11(16)9-15(2)12(17)13(14)6-8-18-10-13/h11H,3-10,14H2,1-2H3. The van der Waals surface area contributed by atoms with Crippen molar-refractivity contribution >= 4 is 5.91 Å². The largest absolute Gasteiger partial charge is 0.379 e. The van der Waals surface area contributed by atoms with E-state index < -0.39 is 5.54 Å². The number of nitrogens with two attached hydrogens (primary N) is 1. The molecule has 0 radical (unpaired) electrons. The van der Waals surface area contributed by atoms with E-state index in [1.807, 2.05) is 7.05 Å². The van der Waals surface area contributed by atoms with Gasteiger partial charge in [0.2, 0.25) is 5.91 Å². The highest BCUT2D eigenvalue weighted by atomic mass is 16.5. The number of likely N-dealkylation sites (tertiary alicyclic amines) is 1. The number of carbonyl (C=O) groups excluding carboxylic acids is 1. The zero-order valence-electron chi connectivity index (χ0n) is 11.5. The number of carbonyl (C=O) groups is 1. The number of hydrogen-bond acceptors (Lipinski definition) is 4. The number of nitrogens with zero attached hydrogens (tertiary/aromatic N) is 2. The minimum Gasteiger partial charge on any atom is -0.379 e. The molecule has 2 aliphatic heterocycles. The van der Waals surface area contributed by atoms with Gasteiger partial charge in [0.25, 0.3) is 0 Å². The lowest BCUT2D eigenvalue weighted by atomic mass is 9.98. The van der Waals surface area contributed by atoms with Crippen molar-refractivity contribution in [2.45, 2.75) is 37.8 Å². The molecule has 2 fully saturated rings. The maximum Gasteiger partial charge on any atom is 0.244 e. The molecule has 2 heterocycles. The van der Waals surface area contributed by atoms with Crippen molar-refractivity contribution in [1.29, 1.82) is 0 Å². The second kappa shape index (κ2) is 5.55. The molecule has 5 nitrogen and oxygen atoms in total. The third-order valence-electron chi connectivity index (χ3n) is 4.21. The van der Waals surface area contributed by atoms with Crippen molar-refractivity contribution in [2.75, 3.05) is 39.9 Å². The Morgan fingerprint density at radius 3 is 3.00 bits per heavy atom. The van der Waals surface area contributed by atoms with Crippen LogP contribution in [0.2, 0.25) is 0 Å². The highest BCUT2D eigenvalue weighted by molar-refractivity contribution is 5.86. The Morgan fingerprint density at radius 2 is 2.39 bits per heavy atom. The Morgan fingerprint density at radius 1 is 1.61 bits per heavy atom. The number of likely N-dealkylation sites (N-methyl/N-ethyl adjacent to an activating group) is 2. The maximum atomic E-state index is 12.4. The molecule has 0 aliphatic carbocycles. The third-order valence-corrected chi connectivity index (χ3v) is 4.21. The number of hydrogen-bond donors (Lipinski definition) is 1. The summed E-state index contributed by atoms with van der Waals surface area (Å²) in [5, 5.41) is 0. The fourth-order valence-corrected chi connectivity index (χ4v) is 3.05. The normalized spacial score (nSPS) is 32.9. The molecule has 0 aromatic carbocycles. The first-order valence-electron chi connectivity index (χ1n) is 6.93. The van der Waals surface area contributed by atoms with Gasteiger partial charge in [0.05, 0.1) is 6.61 Å². The summed E-state index contributed by atoms with van der Waals surface area (Å²) < 4.78 is 5.26. The van der Waals surface area contributed by atoms with Crippen molar-refractivity contribution < 1.29 is 9.53 Å². The molecule has 2 aliphatic rings. The highest BCUT2D eigenvalue weighted by Gasteiger charge is 2.40. The fraction of sp³-hybridized carbons (Fsp3) is 0.923. The predicted octanol–water partition coefficient (Wildman–Crippen LogP) is 0.0469. The molecular formula is C13H25N3O2. The number of ether oxygens (including phenoxy) is 1. The molecule has 2 saturated heterocycles. The molecule has 0 bridgehead atoms. The molecule has 5 heteroatoms. The molecule has 2 unspecified atom stereocenters. The van der Waals surface area contributed by atoms with Crippen LogP contribution in [0.5, 0.6) is 0 Å². The van der Waals surface area contributed by atoms with Crippen molar-refractivity contribution in [3.8, 4) is 0 Å². The quantitative estimate of drug-likeness (QED) is 0.771. The van der Waals surface area contributed by atoms with Crippen LogP contribution >= 0.6 is 0 Å². The Labute approximate surface area is 109 Å². The van der Waals surface area contributed by atoms with Gasteiger partial charge in [0.15, 0.2) is 0 Å². The summed E-state index contributed by atoms with van der Waals surface area (Å²) in [5.74, 6) is 0.0305. The van der Waals surface area contributed by atoms with Crippen LogP contribution in [0.4, 0.5) is 0 Å². The number of rotatable bonds is 4. The van der Waals surface area contributed by atoms with E-state index in [-0.39, 0.29) is 5.91 Å². The van der Waals surface area contributed by atoms with Crippen molar-refractivity contribution in [1.82, 2.24) is 9.80 Å². The first-order chi connectivity index (χ1) is 8.57. The van der Waals surface area contributed by atoms with E-state index in [4.69, 9.17) is 10.5 Å². The van der Waals surface area contributed by atoms with Gasteiger partial charge in [-0.15, -0.1) is 0 Å². The van der Waals surface area contributed by atoms with Crippen LogP contribution in [0.3, 0.4) is 0 Å². The fourth-order valence-electron chi connectivity index (χ4n) is 3.05. The molecule has 0 saturated carbocycles. The predicted molar refractivity (Wildman–Crippen MR) is 70.3 cm³/mol. The van der Waals surface area contributed by atoms with Crippen LogP contribution in [0.25, 0.3) is 0 Å². The van der Waals surface area contributed by atoms with Gasteiger partial charge in [-0.25, -0.2) is 0 Å². The zero-order chi connectivity index (χ0) is 13.2. The van der Waals surface area contributed by atoms with Crippen LogP contribution in [0.1, 0.15) is 26.2 Å². The Hall–Kier alpha value is -0.650. The van der Waals surface area contributed by atoms with Crippen LogP contribution < -0.4 is 5.73 Å². The summed E-state index contributed by atoms with van der Waals surface area (Å²) in [6.45, 7) is 6.13. The van der Waals surface area contributed by atoms with Gasteiger partial charge in [0, 0.05) is 26.2 Å². The molecule has 0 aromatic heterocycles. The van der Waals surface area contributed by atoms with Crippen molar-refractivity contribution in [3.05, 3.63) is 0 Å². The highest BCUT2D eigenvalue weighted by Crippen LogP contribution is 2.21. The molecule has 18 heavy (non-hydrogen) atoms. The molecule has 1 amide bonds. The minimum atomic E-state index is -0.787. The van der Waals surface area contributed by atoms with Gasteiger partial charge < -0.3 is 15.4 Å². The topological polar surface area (TPSA) is 58.8 Å². The van der Waals surface area contributed by atoms with E-state index in [1.54, 1.807) is 4.90 Å². The lowest BCUT2D eigenvalue weighted by Gasteiger charge is -2.32. The Balaban J connectivity index is 1.91. The van der Waals surface area contributed by atoms with Crippen molar-refractivity contribution in [3.63, 3.8) is 0 Å². The van der Waals surface area contributed by atoms with E-state index in [0.717, 1.165) is 19.6 Å². The first-order valence-corrected chi connectivity index (χ1v) is 6.93. The smallest absolute Gasteiger partial charge is 0.244 e. The second-order valence-electron chi connectivity index (χ2n) is 5.57. The maximum absolute atomic E-state index is 12.4. The molecular weight excluding hydrogens is 230 g/mol. The summed E-state index contributed by atoms with van der Waals surface area (Å²) in [7, 11) is 1.86. The lowest BCUT2D eigenvalue weighted by molar-refractivity contribution is -0.136. The minimum absolute atomic E-state index is 0.0305. The third kappa shape index (κ3) is 2.68. The second-order valence-corrected chi connectivity index (χ2v) is 5.57. The summed E-state index contributed by atoms with van der Waals surface area (Å²) >= 11 is 0. The Bertz CT molecular complexity index is 303. The molecule has 2 N–H and O–H groups in total. The van der Waals surface area contributed by atoms with Gasteiger partial charge in [-0.3, -0.25) is 9.69 Å². The van der Waals surface area contributed by atoms with Gasteiger partial charge in [-0.2, -0.15) is 0 Å². The van der Waals surface area contributed by atoms with E-state index >= 15 is 0 Å². The van der Waals surface area contributed by atoms with Gasteiger partial charge in [-0.1, -0.05) is 6.92 Å². The SMILES string of the molecule is CCN1CCCC1CN(C)C(=O)C1(N)CCOC1. The van der Waals surface area contributed by atoms with Gasteiger partial charge in [-0.05, 0) is 32.4 Å². The van der Waals surface area contributed by atoms with Gasteiger partial charge >= 0.3 is 0 Å². The lowest BCUT2D eigenvalue weighted by Crippen LogP contribution is -2.56. The number of amides is 1.